The minimum atomic E-state index is -0.476. The number of amides is 1. The van der Waals surface area contributed by atoms with E-state index < -0.39 is 5.97 Å². The van der Waals surface area contributed by atoms with E-state index in [1.165, 1.54) is 30.2 Å². The highest BCUT2D eigenvalue weighted by molar-refractivity contribution is 7.99. The molecule has 0 saturated carbocycles. The van der Waals surface area contributed by atoms with Crippen LogP contribution in [0.25, 0.3) is 11.1 Å². The predicted molar refractivity (Wildman–Crippen MR) is 120 cm³/mol. The number of rotatable bonds is 7. The molecule has 30 heavy (non-hydrogen) atoms. The Morgan fingerprint density at radius 3 is 2.53 bits per heavy atom. The lowest BCUT2D eigenvalue weighted by Crippen LogP contribution is -2.16. The molecule has 0 radical (unpaired) electrons. The number of ether oxygens (including phenoxy) is 1. The largest absolute Gasteiger partial charge is 0.465 e. The first kappa shape index (κ1) is 22.0. The van der Waals surface area contributed by atoms with Crippen molar-refractivity contribution in [2.45, 2.75) is 31.8 Å². The van der Waals surface area contributed by atoms with Crippen LogP contribution in [0, 0.1) is 6.92 Å². The minimum absolute atomic E-state index is 0.155. The van der Waals surface area contributed by atoms with E-state index in [2.05, 4.69) is 15.5 Å². The smallest absolute Gasteiger partial charge is 0.341 e. The van der Waals surface area contributed by atoms with Crippen LogP contribution < -0.4 is 5.32 Å². The van der Waals surface area contributed by atoms with E-state index in [0.717, 1.165) is 21.8 Å². The Morgan fingerprint density at radius 2 is 1.93 bits per heavy atom. The molecule has 0 saturated heterocycles. The van der Waals surface area contributed by atoms with Gasteiger partial charge in [0.2, 0.25) is 5.91 Å². The fraction of sp³-hybridized carbons (Fsp3) is 0.333. The number of carbonyl (C=O) groups excluding carboxylic acids is 2. The van der Waals surface area contributed by atoms with Gasteiger partial charge < -0.3 is 14.6 Å². The topological polar surface area (TPSA) is 86.1 Å². The van der Waals surface area contributed by atoms with Gasteiger partial charge in [0, 0.05) is 23.4 Å². The second kappa shape index (κ2) is 9.44. The van der Waals surface area contributed by atoms with Crippen LogP contribution in [0.3, 0.4) is 0 Å². The number of nitrogens with zero attached hydrogens (tertiary/aromatic N) is 3. The van der Waals surface area contributed by atoms with Gasteiger partial charge in [-0.15, -0.1) is 21.5 Å². The van der Waals surface area contributed by atoms with Gasteiger partial charge in [-0.3, -0.25) is 4.79 Å². The number of anilines is 1. The van der Waals surface area contributed by atoms with E-state index in [4.69, 9.17) is 4.74 Å². The lowest BCUT2D eigenvalue weighted by Gasteiger charge is -2.08. The number of benzene rings is 1. The quantitative estimate of drug-likeness (QED) is 0.427. The number of carbonyl (C=O) groups is 2. The summed E-state index contributed by atoms with van der Waals surface area (Å²) in [5.74, 6) is 0.574. The third-order valence-corrected chi connectivity index (χ3v) is 6.55. The van der Waals surface area contributed by atoms with Crippen LogP contribution in [0.5, 0.6) is 0 Å². The molecule has 0 aliphatic rings. The molecule has 158 valence electrons. The highest BCUT2D eigenvalue weighted by Gasteiger charge is 2.25. The molecule has 0 atom stereocenters. The Morgan fingerprint density at radius 1 is 1.23 bits per heavy atom. The van der Waals surface area contributed by atoms with E-state index in [1.54, 1.807) is 0 Å². The monoisotopic (exact) mass is 444 g/mol. The van der Waals surface area contributed by atoms with Gasteiger partial charge in [-0.2, -0.15) is 0 Å². The molecule has 3 rings (SSSR count). The van der Waals surface area contributed by atoms with Gasteiger partial charge in [0.15, 0.2) is 5.16 Å². The lowest BCUT2D eigenvalue weighted by atomic mass is 10.0. The normalized spacial score (nSPS) is 11.0. The SMILES string of the molecule is COC(=O)c1c(NC(=O)CSc2nnc(C(C)C)n2C)sc(C)c1-c1ccccc1. The molecule has 0 spiro atoms. The molecule has 0 unspecified atom stereocenters. The Hall–Kier alpha value is -2.65. The summed E-state index contributed by atoms with van der Waals surface area (Å²) >= 11 is 2.67. The summed E-state index contributed by atoms with van der Waals surface area (Å²) in [7, 11) is 3.23. The molecule has 3 aromatic rings. The standard InChI is InChI=1S/C21H24N4O3S2/c1-12(2)18-23-24-21(25(18)4)29-11-15(26)22-19-17(20(27)28-5)16(13(3)30-19)14-9-7-6-8-10-14/h6-10,12H,11H2,1-5H3,(H,22,26). The molecule has 9 heteroatoms. The maximum absolute atomic E-state index is 12.6. The number of aromatic nitrogens is 3. The van der Waals surface area contributed by atoms with Crippen molar-refractivity contribution in [2.24, 2.45) is 7.05 Å². The van der Waals surface area contributed by atoms with E-state index in [0.29, 0.717) is 15.7 Å². The molecule has 0 bridgehead atoms. The maximum Gasteiger partial charge on any atom is 0.341 e. The number of hydrogen-bond acceptors (Lipinski definition) is 7. The summed E-state index contributed by atoms with van der Waals surface area (Å²) in [5.41, 5.74) is 2.07. The molecular formula is C21H24N4O3S2. The molecule has 2 heterocycles. The zero-order chi connectivity index (χ0) is 21.8. The number of thioether (sulfide) groups is 1. The van der Waals surface area contributed by atoms with Crippen molar-refractivity contribution in [1.29, 1.82) is 0 Å². The fourth-order valence-electron chi connectivity index (χ4n) is 3.13. The van der Waals surface area contributed by atoms with Gasteiger partial charge >= 0.3 is 5.97 Å². The van der Waals surface area contributed by atoms with Crippen LogP contribution in [-0.2, 0) is 16.6 Å². The van der Waals surface area contributed by atoms with Crippen LogP contribution in [0.2, 0.25) is 0 Å². The first-order valence-electron chi connectivity index (χ1n) is 9.42. The summed E-state index contributed by atoms with van der Waals surface area (Å²) < 4.78 is 6.89. The number of esters is 1. The molecule has 1 aromatic carbocycles. The van der Waals surface area contributed by atoms with Gasteiger partial charge in [-0.25, -0.2) is 4.79 Å². The van der Waals surface area contributed by atoms with Gasteiger partial charge in [0.1, 0.15) is 16.4 Å². The second-order valence-corrected chi connectivity index (χ2v) is 9.15. The summed E-state index contributed by atoms with van der Waals surface area (Å²) in [6.45, 7) is 6.02. The average Bonchev–Trinajstić information content (AvgIpc) is 3.25. The van der Waals surface area contributed by atoms with Crippen molar-refractivity contribution in [3.05, 3.63) is 46.6 Å². The average molecular weight is 445 g/mol. The molecule has 2 aromatic heterocycles. The first-order valence-corrected chi connectivity index (χ1v) is 11.2. The van der Waals surface area contributed by atoms with Gasteiger partial charge in [0.25, 0.3) is 0 Å². The summed E-state index contributed by atoms with van der Waals surface area (Å²) in [6.07, 6.45) is 0. The van der Waals surface area contributed by atoms with Crippen molar-refractivity contribution >= 4 is 40.0 Å². The van der Waals surface area contributed by atoms with E-state index in [1.807, 2.05) is 62.7 Å². The fourth-order valence-corrected chi connectivity index (χ4v) is 4.93. The van der Waals surface area contributed by atoms with E-state index in [9.17, 15) is 9.59 Å². The predicted octanol–water partition coefficient (Wildman–Crippen LogP) is 4.49. The van der Waals surface area contributed by atoms with E-state index >= 15 is 0 Å². The zero-order valence-electron chi connectivity index (χ0n) is 17.6. The first-order chi connectivity index (χ1) is 14.3. The maximum atomic E-state index is 12.6. The number of methoxy groups -OCH3 is 1. The van der Waals surface area contributed by atoms with Gasteiger partial charge in [0.05, 0.1) is 12.9 Å². The molecule has 7 nitrogen and oxygen atoms in total. The Bertz CT molecular complexity index is 1060. The molecule has 0 aliphatic heterocycles. The van der Waals surface area contributed by atoms with E-state index in [-0.39, 0.29) is 17.6 Å². The van der Waals surface area contributed by atoms with Crippen molar-refractivity contribution in [1.82, 2.24) is 14.8 Å². The molecule has 0 aliphatic carbocycles. The third-order valence-electron chi connectivity index (χ3n) is 4.51. The lowest BCUT2D eigenvalue weighted by molar-refractivity contribution is -0.113. The minimum Gasteiger partial charge on any atom is -0.465 e. The van der Waals surface area contributed by atoms with Crippen LogP contribution >= 0.6 is 23.1 Å². The summed E-state index contributed by atoms with van der Waals surface area (Å²) in [4.78, 5) is 26.1. The highest BCUT2D eigenvalue weighted by Crippen LogP contribution is 2.40. The Labute approximate surface area is 183 Å². The number of hydrogen-bond donors (Lipinski definition) is 1. The number of aryl methyl sites for hydroxylation is 1. The Kier molecular flexibility index (Phi) is 6.94. The van der Waals surface area contributed by atoms with Crippen molar-refractivity contribution < 1.29 is 14.3 Å². The van der Waals surface area contributed by atoms with Crippen LogP contribution in [-0.4, -0.2) is 39.5 Å². The molecule has 0 fully saturated rings. The molecular weight excluding hydrogens is 420 g/mol. The second-order valence-electron chi connectivity index (χ2n) is 6.99. The van der Waals surface area contributed by atoms with Gasteiger partial charge in [-0.1, -0.05) is 55.9 Å². The number of nitrogens with one attached hydrogen (secondary N) is 1. The Balaban J connectivity index is 1.81. The molecule has 1 N–H and O–H groups in total. The van der Waals surface area contributed by atoms with Crippen LogP contribution in [0.15, 0.2) is 35.5 Å². The zero-order valence-corrected chi connectivity index (χ0v) is 19.2. The summed E-state index contributed by atoms with van der Waals surface area (Å²) in [6, 6.07) is 9.61. The van der Waals surface area contributed by atoms with Crippen molar-refractivity contribution in [3.8, 4) is 11.1 Å². The number of thiophene rings is 1. The van der Waals surface area contributed by atoms with Crippen LogP contribution in [0.4, 0.5) is 5.00 Å². The molecule has 1 amide bonds. The van der Waals surface area contributed by atoms with Crippen LogP contribution in [0.1, 0.15) is 40.8 Å². The summed E-state index contributed by atoms with van der Waals surface area (Å²) in [5, 5.41) is 12.4. The third kappa shape index (κ3) is 4.57. The highest BCUT2D eigenvalue weighted by atomic mass is 32.2. The van der Waals surface area contributed by atoms with Gasteiger partial charge in [-0.05, 0) is 12.5 Å². The van der Waals surface area contributed by atoms with Crippen molar-refractivity contribution in [3.63, 3.8) is 0 Å². The van der Waals surface area contributed by atoms with Crippen molar-refractivity contribution in [2.75, 3.05) is 18.2 Å².